The van der Waals surface area contributed by atoms with Crippen LogP contribution in [0.15, 0.2) is 12.4 Å². The van der Waals surface area contributed by atoms with Crippen LogP contribution < -0.4 is 11.2 Å². The Morgan fingerprint density at radius 1 is 1.19 bits per heavy atom. The summed E-state index contributed by atoms with van der Waals surface area (Å²) in [5, 5.41) is 4.41. The summed E-state index contributed by atoms with van der Waals surface area (Å²) < 4.78 is 14.0. The van der Waals surface area contributed by atoms with Gasteiger partial charge in [0.25, 0.3) is 0 Å². The van der Waals surface area contributed by atoms with Crippen molar-refractivity contribution in [2.45, 2.75) is 77.7 Å². The SMILES string of the molecule is CCC(N)(CC)Cn1cc(B2OC(C)(C)C(C)(C)O2)cn1. The molecule has 1 fully saturated rings. The first-order valence-electron chi connectivity index (χ1n) is 7.79. The lowest BCUT2D eigenvalue weighted by molar-refractivity contribution is 0.00578. The largest absolute Gasteiger partial charge is 0.498 e. The van der Waals surface area contributed by atoms with Crippen LogP contribution in [0.2, 0.25) is 0 Å². The molecule has 0 atom stereocenters. The number of aromatic nitrogens is 2. The second-order valence-electron chi connectivity index (χ2n) is 7.13. The van der Waals surface area contributed by atoms with Gasteiger partial charge >= 0.3 is 7.12 Å². The zero-order valence-electron chi connectivity index (χ0n) is 14.1. The van der Waals surface area contributed by atoms with E-state index in [9.17, 15) is 0 Å². The molecule has 1 aliphatic rings. The highest BCUT2D eigenvalue weighted by Gasteiger charge is 2.52. The summed E-state index contributed by atoms with van der Waals surface area (Å²) in [6.45, 7) is 13.1. The average Bonchev–Trinajstić information content (AvgIpc) is 2.92. The number of hydrogen-bond acceptors (Lipinski definition) is 4. The first-order chi connectivity index (χ1) is 9.62. The van der Waals surface area contributed by atoms with Gasteiger partial charge in [0.1, 0.15) is 0 Å². The molecule has 0 amide bonds. The molecule has 0 saturated carbocycles. The maximum atomic E-state index is 6.35. The van der Waals surface area contributed by atoms with Gasteiger partial charge in [-0.05, 0) is 40.5 Å². The van der Waals surface area contributed by atoms with Gasteiger partial charge in [-0.1, -0.05) is 13.8 Å². The van der Waals surface area contributed by atoms with Crippen molar-refractivity contribution < 1.29 is 9.31 Å². The van der Waals surface area contributed by atoms with E-state index in [1.54, 1.807) is 0 Å². The lowest BCUT2D eigenvalue weighted by atomic mass is 9.82. The molecule has 0 aliphatic carbocycles. The Morgan fingerprint density at radius 3 is 2.19 bits per heavy atom. The zero-order chi connectivity index (χ0) is 15.9. The van der Waals surface area contributed by atoms with E-state index in [1.807, 2.05) is 17.1 Å². The molecule has 6 heteroatoms. The first-order valence-corrected chi connectivity index (χ1v) is 7.79. The summed E-state index contributed by atoms with van der Waals surface area (Å²) in [5.74, 6) is 0. The molecule has 21 heavy (non-hydrogen) atoms. The van der Waals surface area contributed by atoms with Gasteiger partial charge in [0.2, 0.25) is 0 Å². The van der Waals surface area contributed by atoms with Crippen molar-refractivity contribution in [3.05, 3.63) is 12.4 Å². The molecule has 0 bridgehead atoms. The van der Waals surface area contributed by atoms with Crippen LogP contribution in [0.4, 0.5) is 0 Å². The van der Waals surface area contributed by atoms with E-state index in [-0.39, 0.29) is 23.9 Å². The molecule has 2 N–H and O–H groups in total. The summed E-state index contributed by atoms with van der Waals surface area (Å²) in [7, 11) is -0.362. The monoisotopic (exact) mass is 293 g/mol. The Morgan fingerprint density at radius 2 is 1.71 bits per heavy atom. The molecule has 1 saturated heterocycles. The first kappa shape index (κ1) is 16.5. The van der Waals surface area contributed by atoms with Crippen molar-refractivity contribution in [3.8, 4) is 0 Å². The Hall–Kier alpha value is -0.845. The number of nitrogens with two attached hydrogens (primary N) is 1. The maximum absolute atomic E-state index is 6.35. The quantitative estimate of drug-likeness (QED) is 0.839. The average molecular weight is 293 g/mol. The van der Waals surface area contributed by atoms with Crippen molar-refractivity contribution in [1.82, 2.24) is 9.78 Å². The molecule has 1 aromatic heterocycles. The minimum absolute atomic E-state index is 0.209. The van der Waals surface area contributed by atoms with Crippen molar-refractivity contribution in [2.75, 3.05) is 0 Å². The zero-order valence-corrected chi connectivity index (χ0v) is 14.1. The standard InChI is InChI=1S/C15H28BN3O2/c1-7-15(17,8-2)11-19-10-12(9-18-19)16-20-13(3,4)14(5,6)21-16/h9-10H,7-8,11,17H2,1-6H3. The fourth-order valence-corrected chi connectivity index (χ4v) is 2.36. The molecule has 118 valence electrons. The summed E-state index contributed by atoms with van der Waals surface area (Å²) in [6.07, 6.45) is 5.65. The lowest BCUT2D eigenvalue weighted by Crippen LogP contribution is -2.43. The van der Waals surface area contributed by atoms with Gasteiger partial charge in [0, 0.05) is 23.4 Å². The van der Waals surface area contributed by atoms with Crippen LogP contribution in [-0.4, -0.2) is 33.6 Å². The second-order valence-corrected chi connectivity index (χ2v) is 7.13. The van der Waals surface area contributed by atoms with Crippen molar-refractivity contribution in [1.29, 1.82) is 0 Å². The highest BCUT2D eigenvalue weighted by molar-refractivity contribution is 6.61. The smallest absolute Gasteiger partial charge is 0.399 e. The van der Waals surface area contributed by atoms with Gasteiger partial charge in [-0.3, -0.25) is 4.68 Å². The predicted molar refractivity (Wildman–Crippen MR) is 85.4 cm³/mol. The third kappa shape index (κ3) is 3.17. The molecule has 2 heterocycles. The summed E-state index contributed by atoms with van der Waals surface area (Å²) in [6, 6.07) is 0. The van der Waals surface area contributed by atoms with Gasteiger partial charge in [-0.25, -0.2) is 0 Å². The van der Waals surface area contributed by atoms with E-state index < -0.39 is 0 Å². The van der Waals surface area contributed by atoms with Gasteiger partial charge < -0.3 is 15.0 Å². The van der Waals surface area contributed by atoms with Crippen molar-refractivity contribution in [2.24, 2.45) is 5.73 Å². The Balaban J connectivity index is 2.11. The molecule has 5 nitrogen and oxygen atoms in total. The Bertz CT molecular complexity index is 479. The van der Waals surface area contributed by atoms with Crippen LogP contribution in [0.25, 0.3) is 0 Å². The normalized spacial score (nSPS) is 21.0. The molecular formula is C15H28BN3O2. The van der Waals surface area contributed by atoms with E-state index in [4.69, 9.17) is 15.0 Å². The predicted octanol–water partition coefficient (Wildman–Crippen LogP) is 1.70. The highest BCUT2D eigenvalue weighted by atomic mass is 16.7. The van der Waals surface area contributed by atoms with Crippen molar-refractivity contribution in [3.63, 3.8) is 0 Å². The summed E-state index contributed by atoms with van der Waals surface area (Å²) >= 11 is 0. The van der Waals surface area contributed by atoms with Crippen LogP contribution in [0, 0.1) is 0 Å². The van der Waals surface area contributed by atoms with Gasteiger partial charge in [-0.2, -0.15) is 5.10 Å². The van der Waals surface area contributed by atoms with Crippen LogP contribution in [0.1, 0.15) is 54.4 Å². The fourth-order valence-electron chi connectivity index (χ4n) is 2.36. The minimum atomic E-state index is -0.362. The molecule has 0 spiro atoms. The van der Waals surface area contributed by atoms with E-state index >= 15 is 0 Å². The maximum Gasteiger partial charge on any atom is 0.498 e. The number of rotatable bonds is 5. The molecule has 1 aliphatic heterocycles. The van der Waals surface area contributed by atoms with Crippen LogP contribution in [0.3, 0.4) is 0 Å². The molecule has 0 radical (unpaired) electrons. The third-order valence-corrected chi connectivity index (χ3v) is 5.06. The highest BCUT2D eigenvalue weighted by Crippen LogP contribution is 2.36. The van der Waals surface area contributed by atoms with E-state index in [0.717, 1.165) is 18.3 Å². The summed E-state index contributed by atoms with van der Waals surface area (Å²) in [5.41, 5.74) is 6.43. The third-order valence-electron chi connectivity index (χ3n) is 5.06. The molecule has 2 rings (SSSR count). The van der Waals surface area contributed by atoms with E-state index in [0.29, 0.717) is 6.54 Å². The fraction of sp³-hybridized carbons (Fsp3) is 0.800. The number of nitrogens with zero attached hydrogens (tertiary/aromatic N) is 2. The Kier molecular flexibility index (Phi) is 4.26. The van der Waals surface area contributed by atoms with Crippen molar-refractivity contribution >= 4 is 12.6 Å². The second kappa shape index (κ2) is 5.41. The van der Waals surface area contributed by atoms with Crippen LogP contribution in [0.5, 0.6) is 0 Å². The van der Waals surface area contributed by atoms with Gasteiger partial charge in [0.15, 0.2) is 0 Å². The molecule has 0 aromatic carbocycles. The Labute approximate surface area is 128 Å². The molecular weight excluding hydrogens is 265 g/mol. The molecule has 0 unspecified atom stereocenters. The van der Waals surface area contributed by atoms with E-state index in [2.05, 4.69) is 46.6 Å². The van der Waals surface area contributed by atoms with Gasteiger partial charge in [0.05, 0.1) is 17.7 Å². The summed E-state index contributed by atoms with van der Waals surface area (Å²) in [4.78, 5) is 0. The van der Waals surface area contributed by atoms with Crippen LogP contribution in [-0.2, 0) is 15.9 Å². The van der Waals surface area contributed by atoms with E-state index in [1.165, 1.54) is 0 Å². The number of hydrogen-bond donors (Lipinski definition) is 1. The van der Waals surface area contributed by atoms with Crippen LogP contribution >= 0.6 is 0 Å². The topological polar surface area (TPSA) is 62.3 Å². The lowest BCUT2D eigenvalue weighted by Gasteiger charge is -2.32. The minimum Gasteiger partial charge on any atom is -0.399 e. The molecule has 1 aromatic rings. The van der Waals surface area contributed by atoms with Gasteiger partial charge in [-0.15, -0.1) is 0 Å².